The summed E-state index contributed by atoms with van der Waals surface area (Å²) in [6.45, 7) is 4.86. The lowest BCUT2D eigenvalue weighted by Gasteiger charge is -2.29. The number of thioether (sulfide) groups is 1. The molecule has 1 unspecified atom stereocenters. The van der Waals surface area contributed by atoms with Gasteiger partial charge in [0.1, 0.15) is 0 Å². The highest BCUT2D eigenvalue weighted by molar-refractivity contribution is 7.99. The Kier molecular flexibility index (Phi) is 5.04. The van der Waals surface area contributed by atoms with Crippen molar-refractivity contribution in [3.05, 3.63) is 101 Å². The van der Waals surface area contributed by atoms with Gasteiger partial charge in [0.05, 0.1) is 6.54 Å². The van der Waals surface area contributed by atoms with E-state index in [0.717, 1.165) is 17.2 Å². The van der Waals surface area contributed by atoms with E-state index in [1.165, 1.54) is 21.6 Å². The van der Waals surface area contributed by atoms with E-state index in [2.05, 4.69) is 80.6 Å². The number of benzene rings is 3. The Balaban J connectivity index is 1.62. The van der Waals surface area contributed by atoms with Gasteiger partial charge in [0, 0.05) is 16.2 Å². The van der Waals surface area contributed by atoms with Gasteiger partial charge in [0.25, 0.3) is 0 Å². The predicted molar refractivity (Wildman–Crippen MR) is 114 cm³/mol. The molecule has 1 aliphatic heterocycles. The van der Waals surface area contributed by atoms with Crippen LogP contribution in [0.4, 0.5) is 0 Å². The summed E-state index contributed by atoms with van der Waals surface area (Å²) in [4.78, 5) is 6.06. The first-order valence-electron chi connectivity index (χ1n) is 9.20. The van der Waals surface area contributed by atoms with Crippen molar-refractivity contribution in [2.24, 2.45) is 4.99 Å². The number of nitrogens with zero attached hydrogens (tertiary/aromatic N) is 1. The Morgan fingerprint density at radius 3 is 2.19 bits per heavy atom. The maximum Gasteiger partial charge on any atom is 0.217 e. The lowest BCUT2D eigenvalue weighted by atomic mass is 9.96. The van der Waals surface area contributed by atoms with Crippen LogP contribution in [0.25, 0.3) is 0 Å². The summed E-state index contributed by atoms with van der Waals surface area (Å²) in [6.07, 6.45) is 0. The second-order valence-corrected chi connectivity index (χ2v) is 8.11. The van der Waals surface area contributed by atoms with Gasteiger partial charge in [-0.3, -0.25) is 0 Å². The average Bonchev–Trinajstić information content (AvgIpc) is 3.13. The third kappa shape index (κ3) is 3.93. The van der Waals surface area contributed by atoms with Crippen LogP contribution in [0.5, 0.6) is 0 Å². The highest BCUT2D eigenvalue weighted by Crippen LogP contribution is 2.37. The van der Waals surface area contributed by atoms with E-state index in [1.807, 2.05) is 23.9 Å². The molecular formula is C24H23NOS. The summed E-state index contributed by atoms with van der Waals surface area (Å²) in [5.74, 6) is 1.57. The first-order chi connectivity index (χ1) is 13.1. The van der Waals surface area contributed by atoms with Crippen LogP contribution in [0, 0.1) is 13.8 Å². The monoisotopic (exact) mass is 373 g/mol. The smallest absolute Gasteiger partial charge is 0.217 e. The molecule has 0 N–H and O–H groups in total. The molecule has 0 radical (unpaired) electrons. The summed E-state index contributed by atoms with van der Waals surface area (Å²) in [6, 6.07) is 27.4. The molecule has 3 aromatic carbocycles. The first kappa shape index (κ1) is 17.9. The summed E-state index contributed by atoms with van der Waals surface area (Å²) in [5, 5.41) is 0. The SMILES string of the molecule is Cc1cc(C)cc(C2=NCC(CSc3ccccc3)(c3ccccc3)O2)c1. The molecular weight excluding hydrogens is 350 g/mol. The standard InChI is InChI=1S/C24H23NOS/c1-18-13-19(2)15-20(14-18)23-25-16-24(26-23,21-9-5-3-6-10-21)17-27-22-11-7-4-8-12-22/h3-15H,16-17H2,1-2H3. The molecule has 136 valence electrons. The van der Waals surface area contributed by atoms with Gasteiger partial charge in [0.2, 0.25) is 5.90 Å². The number of rotatable bonds is 5. The second kappa shape index (κ2) is 7.61. The van der Waals surface area contributed by atoms with Crippen molar-refractivity contribution in [1.82, 2.24) is 0 Å². The minimum atomic E-state index is -0.436. The number of ether oxygens (including phenoxy) is 1. The minimum absolute atomic E-state index is 0.436. The molecule has 3 aromatic rings. The van der Waals surface area contributed by atoms with Crippen LogP contribution in [0.3, 0.4) is 0 Å². The van der Waals surface area contributed by atoms with Gasteiger partial charge in [-0.1, -0.05) is 65.7 Å². The zero-order valence-corrected chi connectivity index (χ0v) is 16.5. The molecule has 3 heteroatoms. The van der Waals surface area contributed by atoms with Crippen molar-refractivity contribution in [3.63, 3.8) is 0 Å². The van der Waals surface area contributed by atoms with Gasteiger partial charge in [-0.25, -0.2) is 4.99 Å². The maximum absolute atomic E-state index is 6.58. The molecule has 0 aliphatic carbocycles. The summed E-state index contributed by atoms with van der Waals surface area (Å²) in [7, 11) is 0. The lowest BCUT2D eigenvalue weighted by molar-refractivity contribution is 0.114. The zero-order chi connectivity index (χ0) is 18.7. The van der Waals surface area contributed by atoms with E-state index in [-0.39, 0.29) is 0 Å². The van der Waals surface area contributed by atoms with Crippen molar-refractivity contribution >= 4 is 17.7 Å². The third-order valence-electron chi connectivity index (χ3n) is 4.75. The molecule has 1 atom stereocenters. The van der Waals surface area contributed by atoms with Crippen LogP contribution in [-0.2, 0) is 10.3 Å². The molecule has 0 saturated carbocycles. The van der Waals surface area contributed by atoms with Crippen molar-refractivity contribution < 1.29 is 4.74 Å². The summed E-state index contributed by atoms with van der Waals surface area (Å²) in [5.41, 5.74) is 4.26. The molecule has 0 fully saturated rings. The van der Waals surface area contributed by atoms with E-state index in [0.29, 0.717) is 6.54 Å². The predicted octanol–water partition coefficient (Wildman–Crippen LogP) is 5.77. The molecule has 0 spiro atoms. The average molecular weight is 374 g/mol. The van der Waals surface area contributed by atoms with Gasteiger partial charge in [-0.15, -0.1) is 11.8 Å². The number of hydrogen-bond donors (Lipinski definition) is 0. The number of aryl methyl sites for hydroxylation is 2. The molecule has 0 amide bonds. The molecule has 27 heavy (non-hydrogen) atoms. The van der Waals surface area contributed by atoms with Crippen LogP contribution in [0.15, 0.2) is 88.8 Å². The van der Waals surface area contributed by atoms with Gasteiger partial charge >= 0.3 is 0 Å². The fourth-order valence-electron chi connectivity index (χ4n) is 3.46. The molecule has 1 aliphatic rings. The van der Waals surface area contributed by atoms with Gasteiger partial charge in [-0.2, -0.15) is 0 Å². The molecule has 2 nitrogen and oxygen atoms in total. The van der Waals surface area contributed by atoms with Crippen LogP contribution >= 0.6 is 11.8 Å². The Labute approximate surface area is 165 Å². The van der Waals surface area contributed by atoms with Gasteiger partial charge in [0.15, 0.2) is 5.60 Å². The lowest BCUT2D eigenvalue weighted by Crippen LogP contribution is -2.33. The maximum atomic E-state index is 6.58. The quantitative estimate of drug-likeness (QED) is 0.530. The highest BCUT2D eigenvalue weighted by atomic mass is 32.2. The van der Waals surface area contributed by atoms with Crippen molar-refractivity contribution in [2.75, 3.05) is 12.3 Å². The van der Waals surface area contributed by atoms with E-state index >= 15 is 0 Å². The minimum Gasteiger partial charge on any atom is -0.463 e. The molecule has 0 bridgehead atoms. The van der Waals surface area contributed by atoms with Crippen LogP contribution < -0.4 is 0 Å². The molecule has 0 aromatic heterocycles. The Bertz CT molecular complexity index is 932. The van der Waals surface area contributed by atoms with Crippen LogP contribution in [-0.4, -0.2) is 18.2 Å². The molecule has 1 heterocycles. The number of hydrogen-bond acceptors (Lipinski definition) is 3. The van der Waals surface area contributed by atoms with E-state index < -0.39 is 5.60 Å². The highest BCUT2D eigenvalue weighted by Gasteiger charge is 2.40. The topological polar surface area (TPSA) is 21.6 Å². The van der Waals surface area contributed by atoms with Crippen molar-refractivity contribution in [1.29, 1.82) is 0 Å². The first-order valence-corrected chi connectivity index (χ1v) is 10.2. The van der Waals surface area contributed by atoms with Crippen LogP contribution in [0.1, 0.15) is 22.3 Å². The number of aliphatic imine (C=N–C) groups is 1. The van der Waals surface area contributed by atoms with E-state index in [4.69, 9.17) is 9.73 Å². The molecule has 0 saturated heterocycles. The zero-order valence-electron chi connectivity index (χ0n) is 15.7. The third-order valence-corrected chi connectivity index (χ3v) is 5.97. The van der Waals surface area contributed by atoms with Crippen molar-refractivity contribution in [3.8, 4) is 0 Å². The summed E-state index contributed by atoms with van der Waals surface area (Å²) < 4.78 is 6.58. The second-order valence-electron chi connectivity index (χ2n) is 7.06. The fraction of sp³-hybridized carbons (Fsp3) is 0.208. The largest absolute Gasteiger partial charge is 0.463 e. The summed E-state index contributed by atoms with van der Waals surface area (Å²) >= 11 is 1.82. The van der Waals surface area contributed by atoms with E-state index in [9.17, 15) is 0 Å². The molecule has 4 rings (SSSR count). The van der Waals surface area contributed by atoms with Gasteiger partial charge < -0.3 is 4.74 Å². The van der Waals surface area contributed by atoms with Crippen LogP contribution in [0.2, 0.25) is 0 Å². The van der Waals surface area contributed by atoms with E-state index in [1.54, 1.807) is 0 Å². The Morgan fingerprint density at radius 1 is 0.889 bits per heavy atom. The van der Waals surface area contributed by atoms with Crippen molar-refractivity contribution in [2.45, 2.75) is 24.3 Å². The fourth-order valence-corrected chi connectivity index (χ4v) is 4.53. The normalized spacial score (nSPS) is 18.8. The van der Waals surface area contributed by atoms with Gasteiger partial charge in [-0.05, 0) is 43.7 Å². The Morgan fingerprint density at radius 2 is 1.52 bits per heavy atom. The Hall–Kier alpha value is -2.52.